The van der Waals surface area contributed by atoms with Crippen LogP contribution in [0.2, 0.25) is 5.02 Å². The fraction of sp³-hybridized carbons (Fsp3) is 0.724. The first-order valence-corrected chi connectivity index (χ1v) is 15.1. The Balaban J connectivity index is 1.41. The Morgan fingerprint density at radius 2 is 1.55 bits per heavy atom. The Morgan fingerprint density at radius 1 is 0.950 bits per heavy atom. The average Bonchev–Trinajstić information content (AvgIpc) is 2.94. The molecule has 7 nitrogen and oxygen atoms in total. The van der Waals surface area contributed by atoms with Gasteiger partial charge in [0.2, 0.25) is 5.91 Å². The van der Waals surface area contributed by atoms with E-state index in [-0.39, 0.29) is 30.1 Å². The lowest BCUT2D eigenvalue weighted by Crippen LogP contribution is -2.58. The Morgan fingerprint density at radius 3 is 2.15 bits per heavy atom. The molecule has 3 fully saturated rings. The summed E-state index contributed by atoms with van der Waals surface area (Å²) in [7, 11) is 0. The number of nitrogens with one attached hydrogen (secondary N) is 2. The SMILES string of the molecule is NC1CCC(N[C@H](Cc2ccc(Cl)cc2)C(=O)N2CCC(N(C(=O)NCC(F)(F)F)C3CCCCC3)CC2)CC1. The highest BCUT2D eigenvalue weighted by Crippen LogP contribution is 2.29. The smallest absolute Gasteiger partial charge is 0.341 e. The van der Waals surface area contributed by atoms with Gasteiger partial charge in [0, 0.05) is 42.3 Å². The van der Waals surface area contributed by atoms with Gasteiger partial charge in [-0.15, -0.1) is 0 Å². The summed E-state index contributed by atoms with van der Waals surface area (Å²) in [6.45, 7) is -0.405. The van der Waals surface area contributed by atoms with Gasteiger partial charge in [-0.05, 0) is 75.5 Å². The molecule has 3 aliphatic rings. The molecular formula is C29H43ClF3N5O2. The van der Waals surface area contributed by atoms with Crippen molar-refractivity contribution in [2.24, 2.45) is 5.73 Å². The van der Waals surface area contributed by atoms with Gasteiger partial charge in [0.05, 0.1) is 6.04 Å². The number of carbonyl (C=O) groups excluding carboxylic acids is 2. The molecule has 4 N–H and O–H groups in total. The maximum Gasteiger partial charge on any atom is 0.405 e. The summed E-state index contributed by atoms with van der Waals surface area (Å²) in [4.78, 5) is 30.3. The molecule has 2 saturated carbocycles. The van der Waals surface area contributed by atoms with Gasteiger partial charge in [0.25, 0.3) is 0 Å². The molecule has 0 bridgehead atoms. The number of rotatable bonds is 8. The largest absolute Gasteiger partial charge is 0.405 e. The van der Waals surface area contributed by atoms with Crippen LogP contribution in [-0.2, 0) is 11.2 Å². The number of piperidine rings is 1. The van der Waals surface area contributed by atoms with Crippen LogP contribution in [0.1, 0.15) is 76.2 Å². The number of urea groups is 1. The molecule has 2 aliphatic carbocycles. The van der Waals surface area contributed by atoms with E-state index in [4.69, 9.17) is 17.3 Å². The van der Waals surface area contributed by atoms with Crippen LogP contribution in [0.4, 0.5) is 18.0 Å². The highest BCUT2D eigenvalue weighted by Gasteiger charge is 2.38. The molecule has 224 valence electrons. The van der Waals surface area contributed by atoms with Gasteiger partial charge < -0.3 is 26.2 Å². The monoisotopic (exact) mass is 585 g/mol. The van der Waals surface area contributed by atoms with Crippen LogP contribution in [0.15, 0.2) is 24.3 Å². The molecule has 0 aromatic heterocycles. The molecule has 3 amide bonds. The van der Waals surface area contributed by atoms with Crippen molar-refractivity contribution in [2.45, 2.75) is 113 Å². The van der Waals surface area contributed by atoms with Crippen LogP contribution < -0.4 is 16.4 Å². The lowest BCUT2D eigenvalue weighted by atomic mass is 9.90. The molecule has 11 heteroatoms. The number of carbonyl (C=O) groups is 2. The Bertz CT molecular complexity index is 957. The summed E-state index contributed by atoms with van der Waals surface area (Å²) in [6, 6.07) is 6.66. The van der Waals surface area contributed by atoms with E-state index in [9.17, 15) is 22.8 Å². The number of alkyl halides is 3. The molecule has 0 unspecified atom stereocenters. The third-order valence-electron chi connectivity index (χ3n) is 8.67. The predicted octanol–water partition coefficient (Wildman–Crippen LogP) is 5.01. The molecule has 0 spiro atoms. The minimum absolute atomic E-state index is 0.0222. The number of likely N-dealkylation sites (tertiary alicyclic amines) is 1. The van der Waals surface area contributed by atoms with Crippen molar-refractivity contribution in [1.82, 2.24) is 20.4 Å². The maximum atomic E-state index is 13.8. The number of amides is 3. The lowest BCUT2D eigenvalue weighted by molar-refractivity contribution is -0.135. The number of hydrogen-bond donors (Lipinski definition) is 3. The number of nitrogens with two attached hydrogens (primary N) is 1. The van der Waals surface area contributed by atoms with Gasteiger partial charge in [-0.2, -0.15) is 13.2 Å². The van der Waals surface area contributed by atoms with Crippen molar-refractivity contribution in [3.63, 3.8) is 0 Å². The first kappa shape index (κ1) is 30.9. The van der Waals surface area contributed by atoms with Gasteiger partial charge in [-0.1, -0.05) is 43.0 Å². The Hall–Kier alpha value is -2.04. The molecule has 4 rings (SSSR count). The van der Waals surface area contributed by atoms with Crippen molar-refractivity contribution < 1.29 is 22.8 Å². The van der Waals surface area contributed by atoms with Gasteiger partial charge in [0.1, 0.15) is 6.54 Å². The van der Waals surface area contributed by atoms with Crippen LogP contribution in [0.25, 0.3) is 0 Å². The van der Waals surface area contributed by atoms with Crippen molar-refractivity contribution in [1.29, 1.82) is 0 Å². The fourth-order valence-electron chi connectivity index (χ4n) is 6.49. The van der Waals surface area contributed by atoms with Gasteiger partial charge in [-0.25, -0.2) is 4.79 Å². The number of halogens is 4. The van der Waals surface area contributed by atoms with E-state index < -0.39 is 24.8 Å². The van der Waals surface area contributed by atoms with Crippen LogP contribution >= 0.6 is 11.6 Å². The van der Waals surface area contributed by atoms with E-state index in [0.29, 0.717) is 37.4 Å². The molecule has 1 atom stereocenters. The standard InChI is InChI=1S/C29H43ClF3N5O2/c30-21-8-6-20(7-9-21)18-26(36-23-12-10-22(34)11-13-23)27(39)37-16-14-25(15-17-37)38(24-4-2-1-3-5-24)28(40)35-19-29(31,32)33/h6-9,22-26,36H,1-5,10-19,34H2,(H,35,40)/t22?,23?,26-/m1/s1. The Labute approximate surface area is 240 Å². The topological polar surface area (TPSA) is 90.7 Å². The van der Waals surface area contributed by atoms with Crippen LogP contribution in [0, 0.1) is 0 Å². The summed E-state index contributed by atoms with van der Waals surface area (Å²) in [5.74, 6) is 0.0222. The highest BCUT2D eigenvalue weighted by atomic mass is 35.5. The second kappa shape index (κ2) is 14.2. The summed E-state index contributed by atoms with van der Waals surface area (Å²) in [6.07, 6.45) is 5.51. The first-order chi connectivity index (χ1) is 19.1. The van der Waals surface area contributed by atoms with Crippen molar-refractivity contribution in [2.75, 3.05) is 19.6 Å². The average molecular weight is 586 g/mol. The Kier molecular flexibility index (Phi) is 11.0. The number of benzene rings is 1. The third kappa shape index (κ3) is 8.98. The van der Waals surface area contributed by atoms with Crippen LogP contribution in [0.3, 0.4) is 0 Å². The van der Waals surface area contributed by atoms with Crippen LogP contribution in [0.5, 0.6) is 0 Å². The zero-order valence-electron chi connectivity index (χ0n) is 23.1. The molecule has 1 saturated heterocycles. The van der Waals surface area contributed by atoms with E-state index in [2.05, 4.69) is 10.6 Å². The van der Waals surface area contributed by atoms with E-state index in [1.165, 1.54) is 0 Å². The number of nitrogens with zero attached hydrogens (tertiary/aromatic N) is 2. The molecule has 1 aliphatic heterocycles. The maximum absolute atomic E-state index is 13.8. The normalized spacial score (nSPS) is 24.0. The van der Waals surface area contributed by atoms with E-state index >= 15 is 0 Å². The summed E-state index contributed by atoms with van der Waals surface area (Å²) < 4.78 is 38.5. The molecule has 0 radical (unpaired) electrons. The van der Waals surface area contributed by atoms with Gasteiger partial charge >= 0.3 is 12.2 Å². The van der Waals surface area contributed by atoms with Gasteiger partial charge in [0.15, 0.2) is 0 Å². The molecule has 1 aromatic rings. The summed E-state index contributed by atoms with van der Waals surface area (Å²) in [5.41, 5.74) is 7.11. The highest BCUT2D eigenvalue weighted by molar-refractivity contribution is 6.30. The minimum Gasteiger partial charge on any atom is -0.341 e. The lowest BCUT2D eigenvalue weighted by Gasteiger charge is -2.44. The quantitative estimate of drug-likeness (QED) is 0.400. The van der Waals surface area contributed by atoms with E-state index in [1.54, 1.807) is 4.90 Å². The van der Waals surface area contributed by atoms with E-state index in [0.717, 1.165) is 63.4 Å². The summed E-state index contributed by atoms with van der Waals surface area (Å²) in [5, 5.41) is 6.36. The fourth-order valence-corrected chi connectivity index (χ4v) is 6.61. The second-order valence-electron chi connectivity index (χ2n) is 11.7. The second-order valence-corrected chi connectivity index (χ2v) is 12.1. The zero-order valence-corrected chi connectivity index (χ0v) is 23.9. The third-order valence-corrected chi connectivity index (χ3v) is 8.92. The number of hydrogen-bond acceptors (Lipinski definition) is 4. The first-order valence-electron chi connectivity index (χ1n) is 14.8. The van der Waals surface area contributed by atoms with Crippen molar-refractivity contribution in [3.05, 3.63) is 34.9 Å². The van der Waals surface area contributed by atoms with E-state index in [1.807, 2.05) is 29.2 Å². The molecule has 40 heavy (non-hydrogen) atoms. The zero-order chi connectivity index (χ0) is 28.7. The molecule has 1 heterocycles. The van der Waals surface area contributed by atoms with Crippen LogP contribution in [-0.4, -0.2) is 77.8 Å². The van der Waals surface area contributed by atoms with Crippen molar-refractivity contribution >= 4 is 23.5 Å². The molecular weight excluding hydrogens is 543 g/mol. The summed E-state index contributed by atoms with van der Waals surface area (Å²) >= 11 is 6.07. The van der Waals surface area contributed by atoms with Gasteiger partial charge in [-0.3, -0.25) is 4.79 Å². The minimum atomic E-state index is -4.46. The molecule has 1 aromatic carbocycles. The predicted molar refractivity (Wildman–Crippen MR) is 150 cm³/mol. The van der Waals surface area contributed by atoms with Crippen molar-refractivity contribution in [3.8, 4) is 0 Å².